The Morgan fingerprint density at radius 2 is 1.95 bits per heavy atom. The number of aromatic nitrogens is 1. The first kappa shape index (κ1) is 16.7. The number of nitrogens with zero attached hydrogens (tertiary/aromatic N) is 2. The van der Waals surface area contributed by atoms with Crippen LogP contribution in [0.5, 0.6) is 0 Å². The Balaban J connectivity index is 3.19. The molecule has 112 valence electrons. The fourth-order valence-electron chi connectivity index (χ4n) is 2.00. The van der Waals surface area contributed by atoms with Gasteiger partial charge in [-0.25, -0.2) is 8.42 Å². The van der Waals surface area contributed by atoms with E-state index >= 15 is 0 Å². The van der Waals surface area contributed by atoms with Crippen LogP contribution in [0.4, 0.5) is 0 Å². The van der Waals surface area contributed by atoms with Crippen molar-refractivity contribution in [2.75, 3.05) is 20.1 Å². The minimum atomic E-state index is -3.51. The van der Waals surface area contributed by atoms with Crippen LogP contribution in [0.3, 0.4) is 0 Å². The Morgan fingerprint density at radius 3 is 2.40 bits per heavy atom. The van der Waals surface area contributed by atoms with Gasteiger partial charge in [-0.1, -0.05) is 12.2 Å². The maximum Gasteiger partial charge on any atom is 0.245 e. The molecule has 1 aromatic rings. The van der Waals surface area contributed by atoms with Gasteiger partial charge in [-0.15, -0.1) is 13.2 Å². The van der Waals surface area contributed by atoms with Crippen molar-refractivity contribution < 1.29 is 8.42 Å². The normalized spacial score (nSPS) is 11.8. The lowest BCUT2D eigenvalue weighted by Gasteiger charge is -2.17. The molecule has 1 heterocycles. The number of nitrogens with one attached hydrogen (secondary N) is 1. The van der Waals surface area contributed by atoms with Crippen molar-refractivity contribution in [1.29, 1.82) is 0 Å². The summed E-state index contributed by atoms with van der Waals surface area (Å²) >= 11 is 0. The van der Waals surface area contributed by atoms with E-state index in [2.05, 4.69) is 18.5 Å². The van der Waals surface area contributed by atoms with E-state index in [1.54, 1.807) is 24.4 Å². The van der Waals surface area contributed by atoms with Gasteiger partial charge in [0.15, 0.2) is 0 Å². The number of aryl methyl sites for hydroxylation is 1. The van der Waals surface area contributed by atoms with Crippen LogP contribution in [0.1, 0.15) is 12.6 Å². The predicted octanol–water partition coefficient (Wildman–Crippen LogP) is 1.59. The van der Waals surface area contributed by atoms with Crippen LogP contribution in [0.15, 0.2) is 42.5 Å². The topological polar surface area (TPSA) is 54.3 Å². The lowest BCUT2D eigenvalue weighted by atomic mass is 10.4. The maximum atomic E-state index is 12.6. The van der Waals surface area contributed by atoms with Crippen molar-refractivity contribution in [3.8, 4) is 0 Å². The molecule has 0 aliphatic heterocycles. The molecule has 0 saturated heterocycles. The molecule has 0 radical (unpaired) electrons. The lowest BCUT2D eigenvalue weighted by Crippen LogP contribution is -2.31. The van der Waals surface area contributed by atoms with Gasteiger partial charge >= 0.3 is 0 Å². The highest BCUT2D eigenvalue weighted by Crippen LogP contribution is 2.19. The van der Waals surface area contributed by atoms with Crippen LogP contribution in [0, 0.1) is 0 Å². The second-order valence-electron chi connectivity index (χ2n) is 4.38. The Hall–Kier alpha value is -1.37. The minimum Gasteiger partial charge on any atom is -0.349 e. The average Bonchev–Trinajstić information content (AvgIpc) is 2.83. The summed E-state index contributed by atoms with van der Waals surface area (Å²) in [6.07, 6.45) is 4.83. The highest BCUT2D eigenvalue weighted by molar-refractivity contribution is 7.89. The molecule has 0 amide bonds. The van der Waals surface area contributed by atoms with Crippen molar-refractivity contribution in [1.82, 2.24) is 14.2 Å². The molecule has 6 heteroatoms. The zero-order valence-electron chi connectivity index (χ0n) is 12.2. The molecule has 0 saturated carbocycles. The van der Waals surface area contributed by atoms with Crippen LogP contribution in [0.2, 0.25) is 0 Å². The first-order valence-corrected chi connectivity index (χ1v) is 8.00. The van der Waals surface area contributed by atoms with Gasteiger partial charge in [0.2, 0.25) is 10.0 Å². The molecule has 1 rings (SSSR count). The summed E-state index contributed by atoms with van der Waals surface area (Å²) in [5.41, 5.74) is 0.950. The highest BCUT2D eigenvalue weighted by Gasteiger charge is 2.24. The molecule has 0 fully saturated rings. The van der Waals surface area contributed by atoms with Gasteiger partial charge in [-0.2, -0.15) is 4.31 Å². The van der Waals surface area contributed by atoms with Crippen LogP contribution in [-0.4, -0.2) is 37.4 Å². The van der Waals surface area contributed by atoms with Crippen LogP contribution >= 0.6 is 0 Å². The van der Waals surface area contributed by atoms with E-state index < -0.39 is 10.0 Å². The molecule has 0 aromatic carbocycles. The van der Waals surface area contributed by atoms with Crippen molar-refractivity contribution >= 4 is 10.0 Å². The van der Waals surface area contributed by atoms with Gasteiger partial charge in [0.25, 0.3) is 0 Å². The molecule has 0 atom stereocenters. The number of hydrogen-bond acceptors (Lipinski definition) is 3. The van der Waals surface area contributed by atoms with Gasteiger partial charge < -0.3 is 9.88 Å². The second-order valence-corrected chi connectivity index (χ2v) is 6.32. The molecule has 0 spiro atoms. The molecule has 0 bridgehead atoms. The van der Waals surface area contributed by atoms with E-state index in [1.165, 1.54) is 4.31 Å². The molecule has 1 aromatic heterocycles. The molecule has 5 nitrogen and oxygen atoms in total. The number of sulfonamides is 1. The van der Waals surface area contributed by atoms with Crippen LogP contribution in [0.25, 0.3) is 0 Å². The Kier molecular flexibility index (Phi) is 6.19. The first-order chi connectivity index (χ1) is 9.51. The minimum absolute atomic E-state index is 0.271. The van der Waals surface area contributed by atoms with E-state index in [9.17, 15) is 8.42 Å². The van der Waals surface area contributed by atoms with E-state index in [4.69, 9.17) is 0 Å². The molecule has 0 unspecified atom stereocenters. The largest absolute Gasteiger partial charge is 0.349 e. The van der Waals surface area contributed by atoms with E-state index in [0.29, 0.717) is 11.4 Å². The summed E-state index contributed by atoms with van der Waals surface area (Å²) in [5.74, 6) is 0. The van der Waals surface area contributed by atoms with Crippen LogP contribution < -0.4 is 5.32 Å². The molecular formula is C14H23N3O2S. The Bertz CT molecular complexity index is 551. The Labute approximate surface area is 121 Å². The summed E-state index contributed by atoms with van der Waals surface area (Å²) in [5, 5.41) is 3.04. The van der Waals surface area contributed by atoms with Gasteiger partial charge in [-0.3, -0.25) is 0 Å². The fourth-order valence-corrected chi connectivity index (χ4v) is 3.44. The summed E-state index contributed by atoms with van der Waals surface area (Å²) in [6, 6.07) is 1.72. The zero-order chi connectivity index (χ0) is 15.2. The molecule has 0 aliphatic carbocycles. The van der Waals surface area contributed by atoms with Crippen molar-refractivity contribution in [3.05, 3.63) is 43.3 Å². The van der Waals surface area contributed by atoms with Crippen molar-refractivity contribution in [3.63, 3.8) is 0 Å². The van der Waals surface area contributed by atoms with E-state index in [0.717, 1.165) is 12.2 Å². The predicted molar refractivity (Wildman–Crippen MR) is 82.0 cm³/mol. The quantitative estimate of drug-likeness (QED) is 0.704. The third kappa shape index (κ3) is 3.59. The number of hydrogen-bond donors (Lipinski definition) is 1. The zero-order valence-corrected chi connectivity index (χ0v) is 13.0. The standard InChI is InChI=1S/C14H23N3O2S/c1-5-8-17(9-6-2)20(18,19)14-10-13(11-15-4)16(7-3)12-14/h5-6,10,12,15H,1-2,7-9,11H2,3-4H3. The SMILES string of the molecule is C=CCN(CC=C)S(=O)(=O)c1cc(CNC)n(CC)c1. The van der Waals surface area contributed by atoms with Gasteiger partial charge in [0.05, 0.1) is 0 Å². The summed E-state index contributed by atoms with van der Waals surface area (Å²) in [6.45, 7) is 11.1. The van der Waals surface area contributed by atoms with E-state index in [-0.39, 0.29) is 13.1 Å². The maximum absolute atomic E-state index is 12.6. The highest BCUT2D eigenvalue weighted by atomic mass is 32.2. The summed E-state index contributed by atoms with van der Waals surface area (Å²) in [7, 11) is -1.68. The Morgan fingerprint density at radius 1 is 1.35 bits per heavy atom. The average molecular weight is 297 g/mol. The smallest absolute Gasteiger partial charge is 0.245 e. The van der Waals surface area contributed by atoms with Gasteiger partial charge in [0, 0.05) is 38.1 Å². The first-order valence-electron chi connectivity index (χ1n) is 6.56. The summed E-state index contributed by atoms with van der Waals surface area (Å²) < 4.78 is 28.5. The van der Waals surface area contributed by atoms with Crippen molar-refractivity contribution in [2.24, 2.45) is 0 Å². The van der Waals surface area contributed by atoms with E-state index in [1.807, 2.05) is 18.5 Å². The van der Waals surface area contributed by atoms with Crippen LogP contribution in [-0.2, 0) is 23.1 Å². The fraction of sp³-hybridized carbons (Fsp3) is 0.429. The monoisotopic (exact) mass is 297 g/mol. The molecule has 0 aliphatic rings. The van der Waals surface area contributed by atoms with Gasteiger partial charge in [-0.05, 0) is 20.0 Å². The van der Waals surface area contributed by atoms with Crippen molar-refractivity contribution in [2.45, 2.75) is 24.9 Å². The molecular weight excluding hydrogens is 274 g/mol. The lowest BCUT2D eigenvalue weighted by molar-refractivity contribution is 0.474. The molecule has 20 heavy (non-hydrogen) atoms. The summed E-state index contributed by atoms with van der Waals surface area (Å²) in [4.78, 5) is 0.313. The molecule has 1 N–H and O–H groups in total. The third-order valence-electron chi connectivity index (χ3n) is 2.96. The van der Waals surface area contributed by atoms with Gasteiger partial charge in [0.1, 0.15) is 4.90 Å². The second kappa shape index (κ2) is 7.42. The number of rotatable bonds is 9. The third-order valence-corrected chi connectivity index (χ3v) is 4.76.